The van der Waals surface area contributed by atoms with Crippen molar-refractivity contribution in [3.05, 3.63) is 76.9 Å². The fourth-order valence-electron chi connectivity index (χ4n) is 5.48. The molecule has 2 aromatic rings. The van der Waals surface area contributed by atoms with Gasteiger partial charge in [0, 0.05) is 5.56 Å². The summed E-state index contributed by atoms with van der Waals surface area (Å²) in [7, 11) is 0. The van der Waals surface area contributed by atoms with Crippen LogP contribution < -0.4 is 4.74 Å². The van der Waals surface area contributed by atoms with Gasteiger partial charge in [0.25, 0.3) is 0 Å². The van der Waals surface area contributed by atoms with Crippen LogP contribution in [-0.4, -0.2) is 6.61 Å². The second-order valence-electron chi connectivity index (χ2n) is 9.14. The summed E-state index contributed by atoms with van der Waals surface area (Å²) in [5.74, 6) is 6.14. The third kappa shape index (κ3) is 5.79. The van der Waals surface area contributed by atoms with Gasteiger partial charge < -0.3 is 4.74 Å². The maximum atomic E-state index is 14.8. The summed E-state index contributed by atoms with van der Waals surface area (Å²) in [5.41, 5.74) is 0.900. The van der Waals surface area contributed by atoms with Crippen LogP contribution in [0, 0.1) is 41.2 Å². The normalized spacial score (nSPS) is 24.9. The third-order valence-corrected chi connectivity index (χ3v) is 7.07. The molecule has 2 saturated carbocycles. The van der Waals surface area contributed by atoms with Crippen LogP contribution in [0.15, 0.2) is 48.6 Å². The van der Waals surface area contributed by atoms with Gasteiger partial charge in [-0.1, -0.05) is 24.0 Å². The molecule has 4 unspecified atom stereocenters. The Morgan fingerprint density at radius 1 is 0.909 bits per heavy atom. The van der Waals surface area contributed by atoms with Gasteiger partial charge in [-0.25, -0.2) is 8.78 Å². The van der Waals surface area contributed by atoms with E-state index in [0.717, 1.165) is 24.8 Å². The Labute approximate surface area is 192 Å². The van der Waals surface area contributed by atoms with Crippen molar-refractivity contribution in [2.45, 2.75) is 58.0 Å². The molecule has 0 saturated heterocycles. The van der Waals surface area contributed by atoms with Gasteiger partial charge in [0.15, 0.2) is 0 Å². The van der Waals surface area contributed by atoms with Crippen LogP contribution in [0.3, 0.4) is 0 Å². The number of allylic oxidation sites excluding steroid dienone is 2. The van der Waals surface area contributed by atoms with Crippen LogP contribution in [0.4, 0.5) is 17.6 Å². The van der Waals surface area contributed by atoms with E-state index >= 15 is 0 Å². The number of benzene rings is 2. The fourth-order valence-corrected chi connectivity index (χ4v) is 5.48. The molecule has 1 nitrogen and oxygen atoms in total. The molecule has 4 atom stereocenters. The molecule has 0 aliphatic heterocycles. The predicted octanol–water partition coefficient (Wildman–Crippen LogP) is 7.84. The van der Waals surface area contributed by atoms with Crippen LogP contribution in [0.1, 0.15) is 68.1 Å². The maximum absolute atomic E-state index is 14.8. The van der Waals surface area contributed by atoms with Crippen LogP contribution in [0.25, 0.3) is 0 Å². The number of ether oxygens (including phenoxy) is 1. The van der Waals surface area contributed by atoms with Crippen LogP contribution in [0.2, 0.25) is 0 Å². The minimum absolute atomic E-state index is 0.00213. The van der Waals surface area contributed by atoms with E-state index in [1.807, 2.05) is 0 Å². The number of fused-ring (bicyclic) bond motifs is 1. The van der Waals surface area contributed by atoms with Gasteiger partial charge >= 0.3 is 6.61 Å². The molecule has 4 rings (SSSR count). The highest BCUT2D eigenvalue weighted by atomic mass is 19.3. The van der Waals surface area contributed by atoms with Gasteiger partial charge in [0.2, 0.25) is 0 Å². The van der Waals surface area contributed by atoms with Crippen molar-refractivity contribution in [1.82, 2.24) is 0 Å². The minimum atomic E-state index is -2.91. The van der Waals surface area contributed by atoms with Gasteiger partial charge in [-0.2, -0.15) is 8.78 Å². The summed E-state index contributed by atoms with van der Waals surface area (Å²) in [6, 6.07) is 8.49. The molecule has 0 radical (unpaired) electrons. The van der Waals surface area contributed by atoms with Crippen molar-refractivity contribution in [2.24, 2.45) is 17.8 Å². The lowest BCUT2D eigenvalue weighted by atomic mass is 9.64. The van der Waals surface area contributed by atoms with E-state index in [2.05, 4.69) is 35.7 Å². The molecule has 2 aliphatic rings. The van der Waals surface area contributed by atoms with E-state index in [4.69, 9.17) is 0 Å². The molecular formula is C28H28F4O. The molecule has 0 aromatic heterocycles. The van der Waals surface area contributed by atoms with E-state index in [9.17, 15) is 17.6 Å². The summed E-state index contributed by atoms with van der Waals surface area (Å²) in [6.07, 6.45) is 11.1. The monoisotopic (exact) mass is 456 g/mol. The van der Waals surface area contributed by atoms with Gasteiger partial charge in [0.1, 0.15) is 17.4 Å². The first-order chi connectivity index (χ1) is 15.9. The zero-order valence-corrected chi connectivity index (χ0v) is 18.7. The minimum Gasteiger partial charge on any atom is -0.435 e. The van der Waals surface area contributed by atoms with E-state index in [1.54, 1.807) is 0 Å². The summed E-state index contributed by atoms with van der Waals surface area (Å²) >= 11 is 0. The number of halogens is 4. The second-order valence-corrected chi connectivity index (χ2v) is 9.14. The lowest BCUT2D eigenvalue weighted by molar-refractivity contribution is -0.0498. The van der Waals surface area contributed by atoms with Crippen molar-refractivity contribution in [3.8, 4) is 17.6 Å². The Bertz CT molecular complexity index is 1020. The Hall–Kier alpha value is -2.74. The van der Waals surface area contributed by atoms with E-state index in [1.165, 1.54) is 55.7 Å². The molecule has 2 aromatic carbocycles. The smallest absolute Gasteiger partial charge is 0.387 e. The highest BCUT2D eigenvalue weighted by Crippen LogP contribution is 2.48. The zero-order valence-electron chi connectivity index (χ0n) is 18.7. The molecule has 2 fully saturated rings. The molecule has 5 heteroatoms. The van der Waals surface area contributed by atoms with Crippen molar-refractivity contribution in [2.75, 3.05) is 0 Å². The number of alkyl halides is 2. The highest BCUT2D eigenvalue weighted by Gasteiger charge is 2.35. The van der Waals surface area contributed by atoms with Gasteiger partial charge in [0.05, 0.1) is 5.56 Å². The summed E-state index contributed by atoms with van der Waals surface area (Å²) in [5, 5.41) is 0. The van der Waals surface area contributed by atoms with Crippen molar-refractivity contribution in [3.63, 3.8) is 0 Å². The lowest BCUT2D eigenvalue weighted by Crippen LogP contribution is -2.30. The molecule has 174 valence electrons. The Morgan fingerprint density at radius 3 is 2.24 bits per heavy atom. The first-order valence-electron chi connectivity index (χ1n) is 11.6. The number of hydrogen-bond acceptors (Lipinski definition) is 1. The summed E-state index contributed by atoms with van der Waals surface area (Å²) < 4.78 is 58.3. The number of rotatable bonds is 4. The van der Waals surface area contributed by atoms with Gasteiger partial charge in [-0.3, -0.25) is 0 Å². The first-order valence-corrected chi connectivity index (χ1v) is 11.6. The third-order valence-electron chi connectivity index (χ3n) is 7.07. The average molecular weight is 457 g/mol. The topological polar surface area (TPSA) is 9.23 Å². The summed E-state index contributed by atoms with van der Waals surface area (Å²) in [4.78, 5) is 0. The second kappa shape index (κ2) is 10.5. The predicted molar refractivity (Wildman–Crippen MR) is 121 cm³/mol. The van der Waals surface area contributed by atoms with E-state index in [-0.39, 0.29) is 17.2 Å². The molecule has 0 amide bonds. The van der Waals surface area contributed by atoms with Crippen molar-refractivity contribution < 1.29 is 22.3 Å². The molecule has 33 heavy (non-hydrogen) atoms. The van der Waals surface area contributed by atoms with Crippen LogP contribution in [-0.2, 0) is 0 Å². The average Bonchev–Trinajstić information content (AvgIpc) is 2.79. The Kier molecular flexibility index (Phi) is 7.42. The zero-order chi connectivity index (χ0) is 23.4. The first kappa shape index (κ1) is 23.4. The van der Waals surface area contributed by atoms with Crippen LogP contribution >= 0.6 is 0 Å². The Balaban J connectivity index is 1.45. The largest absolute Gasteiger partial charge is 0.435 e. The molecular weight excluding hydrogens is 428 g/mol. The SMILES string of the molecule is C/C=C/C1CCC2CC(c3cc(F)c(C#Cc4ccc(OC(F)F)cc4)c(F)c3)CCC2C1. The fraction of sp³-hybridized carbons (Fsp3) is 0.429. The van der Waals surface area contributed by atoms with Gasteiger partial charge in [-0.05, 0) is 111 Å². The molecule has 2 aliphatic carbocycles. The number of hydrogen-bond donors (Lipinski definition) is 0. The molecule has 0 spiro atoms. The van der Waals surface area contributed by atoms with Gasteiger partial charge in [-0.15, -0.1) is 0 Å². The Morgan fingerprint density at radius 2 is 1.58 bits per heavy atom. The highest BCUT2D eigenvalue weighted by molar-refractivity contribution is 5.46. The van der Waals surface area contributed by atoms with E-state index in [0.29, 0.717) is 23.3 Å². The lowest BCUT2D eigenvalue weighted by Gasteiger charge is -2.41. The summed E-state index contributed by atoms with van der Waals surface area (Å²) in [6.45, 7) is -0.839. The maximum Gasteiger partial charge on any atom is 0.387 e. The molecule has 0 heterocycles. The molecule has 0 N–H and O–H groups in total. The van der Waals surface area contributed by atoms with Crippen molar-refractivity contribution in [1.29, 1.82) is 0 Å². The van der Waals surface area contributed by atoms with Crippen molar-refractivity contribution >= 4 is 0 Å². The molecule has 0 bridgehead atoms. The quantitative estimate of drug-likeness (QED) is 0.259. The van der Waals surface area contributed by atoms with Crippen LogP contribution in [0.5, 0.6) is 5.75 Å². The standard InChI is InChI=1S/C28H28F4O/c1-2-3-19-4-8-21-15-22(10-9-20(21)14-19)23-16-26(29)25(27(30)17-23)13-7-18-5-11-24(12-6-18)33-28(31)32/h2-3,5-6,11-12,16-17,19-22,28H,4,8-10,14-15H2,1H3/b3-2+. The van der Waals surface area contributed by atoms with E-state index < -0.39 is 18.2 Å².